The Hall–Kier alpha value is -3.72. The summed E-state index contributed by atoms with van der Waals surface area (Å²) < 4.78 is 16.2. The van der Waals surface area contributed by atoms with Crippen molar-refractivity contribution in [3.05, 3.63) is 108 Å². The molecule has 0 saturated carbocycles. The highest BCUT2D eigenvalue weighted by Crippen LogP contribution is 2.06. The first-order chi connectivity index (χ1) is 17.5. The van der Waals surface area contributed by atoms with Crippen molar-refractivity contribution >= 4 is 30.3 Å². The van der Waals surface area contributed by atoms with E-state index in [1.807, 2.05) is 91.0 Å². The molecule has 0 aliphatic rings. The van der Waals surface area contributed by atoms with E-state index in [4.69, 9.17) is 19.9 Å². The molecule has 37 heavy (non-hydrogen) atoms. The number of halogens is 1. The number of rotatable bonds is 13. The average Bonchev–Trinajstić information content (AvgIpc) is 2.91. The van der Waals surface area contributed by atoms with Gasteiger partial charge in [0.1, 0.15) is 13.2 Å². The van der Waals surface area contributed by atoms with Gasteiger partial charge in [-0.2, -0.15) is 0 Å². The zero-order valence-corrected chi connectivity index (χ0v) is 21.1. The van der Waals surface area contributed by atoms with Crippen LogP contribution in [-0.4, -0.2) is 36.5 Å². The Morgan fingerprint density at radius 1 is 0.703 bits per heavy atom. The van der Waals surface area contributed by atoms with Crippen molar-refractivity contribution in [2.24, 2.45) is 5.73 Å². The number of nitrogens with one attached hydrogen (secondary N) is 1. The largest absolute Gasteiger partial charge is 0.461 e. The lowest BCUT2D eigenvalue weighted by Crippen LogP contribution is -2.51. The van der Waals surface area contributed by atoms with E-state index in [2.05, 4.69) is 5.32 Å². The second kappa shape index (κ2) is 16.1. The van der Waals surface area contributed by atoms with Crippen LogP contribution in [-0.2, 0) is 48.4 Å². The standard InChI is InChI=1S/C28H30N2O6.ClH/c29-24(16-26(31)35-18-22-12-6-2-7-13-22)27(32)30-25(20-34-17-21-10-4-1-5-11-21)28(33)36-19-23-14-8-3-9-15-23;/h1-15,24-25H,16-20,29H2,(H,30,32);1H/t24-,25-;/m0./s1. The van der Waals surface area contributed by atoms with Crippen LogP contribution < -0.4 is 11.1 Å². The van der Waals surface area contributed by atoms with Crippen LogP contribution in [0.4, 0.5) is 0 Å². The number of hydrogen-bond acceptors (Lipinski definition) is 7. The van der Waals surface area contributed by atoms with Gasteiger partial charge in [0.15, 0.2) is 6.04 Å². The summed E-state index contributed by atoms with van der Waals surface area (Å²) in [5, 5.41) is 2.55. The van der Waals surface area contributed by atoms with Gasteiger partial charge in [0, 0.05) is 0 Å². The lowest BCUT2D eigenvalue weighted by Gasteiger charge is -2.20. The van der Waals surface area contributed by atoms with E-state index < -0.39 is 29.9 Å². The summed E-state index contributed by atoms with van der Waals surface area (Å²) in [6.07, 6.45) is -0.338. The third-order valence-corrected chi connectivity index (χ3v) is 5.19. The number of ether oxygens (including phenoxy) is 3. The molecule has 0 spiro atoms. The SMILES string of the molecule is Cl.N[C@@H](CC(=O)OCc1ccccc1)C(=O)N[C@@H](COCc1ccccc1)C(=O)OCc1ccccc1. The molecule has 3 aromatic rings. The first kappa shape index (κ1) is 29.5. The summed E-state index contributed by atoms with van der Waals surface area (Å²) in [6, 6.07) is 25.5. The predicted molar refractivity (Wildman–Crippen MR) is 140 cm³/mol. The van der Waals surface area contributed by atoms with Gasteiger partial charge < -0.3 is 25.3 Å². The van der Waals surface area contributed by atoms with Gasteiger partial charge in [-0.3, -0.25) is 9.59 Å². The van der Waals surface area contributed by atoms with E-state index in [0.29, 0.717) is 0 Å². The maximum absolute atomic E-state index is 12.7. The van der Waals surface area contributed by atoms with Gasteiger partial charge in [0.05, 0.1) is 25.7 Å². The van der Waals surface area contributed by atoms with Crippen LogP contribution in [0.1, 0.15) is 23.1 Å². The number of amides is 1. The molecule has 0 aromatic heterocycles. The predicted octanol–water partition coefficient (Wildman–Crippen LogP) is 3.31. The zero-order valence-electron chi connectivity index (χ0n) is 20.3. The number of esters is 2. The zero-order chi connectivity index (χ0) is 25.6. The number of nitrogens with two attached hydrogens (primary N) is 1. The third-order valence-electron chi connectivity index (χ3n) is 5.19. The van der Waals surface area contributed by atoms with Crippen molar-refractivity contribution in [3.8, 4) is 0 Å². The minimum atomic E-state index is -1.20. The minimum absolute atomic E-state index is 0. The molecular formula is C28H31ClN2O6. The summed E-state index contributed by atoms with van der Waals surface area (Å²) in [6.45, 7) is 0.245. The Morgan fingerprint density at radius 3 is 1.68 bits per heavy atom. The summed E-state index contributed by atoms with van der Waals surface area (Å²) in [5.74, 6) is -1.97. The van der Waals surface area contributed by atoms with E-state index in [9.17, 15) is 14.4 Å². The Bertz CT molecular complexity index is 1100. The molecule has 3 N–H and O–H groups in total. The third kappa shape index (κ3) is 10.8. The minimum Gasteiger partial charge on any atom is -0.461 e. The van der Waals surface area contributed by atoms with Crippen molar-refractivity contribution in [1.29, 1.82) is 0 Å². The maximum Gasteiger partial charge on any atom is 0.331 e. The highest BCUT2D eigenvalue weighted by atomic mass is 35.5. The van der Waals surface area contributed by atoms with Crippen LogP contribution in [0.2, 0.25) is 0 Å². The molecule has 0 fully saturated rings. The molecule has 196 valence electrons. The maximum atomic E-state index is 12.7. The van der Waals surface area contributed by atoms with Crippen LogP contribution in [0, 0.1) is 0 Å². The second-order valence-corrected chi connectivity index (χ2v) is 8.11. The molecule has 3 rings (SSSR count). The van der Waals surface area contributed by atoms with Crippen molar-refractivity contribution in [1.82, 2.24) is 5.32 Å². The van der Waals surface area contributed by atoms with Crippen molar-refractivity contribution < 1.29 is 28.6 Å². The molecule has 0 aliphatic carbocycles. The van der Waals surface area contributed by atoms with Crippen LogP contribution in [0.15, 0.2) is 91.0 Å². The fourth-order valence-corrected chi connectivity index (χ4v) is 3.21. The highest BCUT2D eigenvalue weighted by molar-refractivity contribution is 5.90. The molecule has 0 aliphatic heterocycles. The molecule has 9 heteroatoms. The molecule has 0 saturated heterocycles. The Labute approximate surface area is 222 Å². The molecule has 0 radical (unpaired) electrons. The summed E-state index contributed by atoms with van der Waals surface area (Å²) in [4.78, 5) is 37.6. The van der Waals surface area contributed by atoms with Gasteiger partial charge in [0.25, 0.3) is 0 Å². The fourth-order valence-electron chi connectivity index (χ4n) is 3.21. The molecule has 0 bridgehead atoms. The van der Waals surface area contributed by atoms with Crippen LogP contribution in [0.25, 0.3) is 0 Å². The molecule has 2 atom stereocenters. The van der Waals surface area contributed by atoms with Crippen LogP contribution in [0.3, 0.4) is 0 Å². The lowest BCUT2D eigenvalue weighted by molar-refractivity contribution is -0.151. The number of hydrogen-bond donors (Lipinski definition) is 2. The van der Waals surface area contributed by atoms with Gasteiger partial charge >= 0.3 is 11.9 Å². The number of carbonyl (C=O) groups excluding carboxylic acids is 3. The summed E-state index contributed by atoms with van der Waals surface area (Å²) in [7, 11) is 0. The van der Waals surface area contributed by atoms with Gasteiger partial charge in [-0.1, -0.05) is 91.0 Å². The van der Waals surface area contributed by atoms with Crippen LogP contribution in [0.5, 0.6) is 0 Å². The van der Waals surface area contributed by atoms with E-state index in [1.165, 1.54) is 0 Å². The fraction of sp³-hybridized carbons (Fsp3) is 0.250. The Kier molecular flexibility index (Phi) is 12.8. The summed E-state index contributed by atoms with van der Waals surface area (Å²) in [5.41, 5.74) is 8.45. The van der Waals surface area contributed by atoms with E-state index in [0.717, 1.165) is 16.7 Å². The van der Waals surface area contributed by atoms with Gasteiger partial charge in [0.2, 0.25) is 5.91 Å². The molecule has 3 aromatic carbocycles. The van der Waals surface area contributed by atoms with E-state index in [-0.39, 0.29) is 45.3 Å². The van der Waals surface area contributed by atoms with E-state index >= 15 is 0 Å². The normalized spacial score (nSPS) is 11.9. The molecule has 0 heterocycles. The first-order valence-electron chi connectivity index (χ1n) is 11.6. The number of carbonyl (C=O) groups is 3. The Morgan fingerprint density at radius 2 is 1.16 bits per heavy atom. The lowest BCUT2D eigenvalue weighted by atomic mass is 10.2. The molecular weight excluding hydrogens is 496 g/mol. The monoisotopic (exact) mass is 526 g/mol. The summed E-state index contributed by atoms with van der Waals surface area (Å²) >= 11 is 0. The average molecular weight is 527 g/mol. The molecule has 8 nitrogen and oxygen atoms in total. The molecule has 0 unspecified atom stereocenters. The second-order valence-electron chi connectivity index (χ2n) is 8.11. The topological polar surface area (TPSA) is 117 Å². The van der Waals surface area contributed by atoms with Gasteiger partial charge in [-0.05, 0) is 16.7 Å². The number of benzene rings is 3. The Balaban J connectivity index is 0.00000481. The highest BCUT2D eigenvalue weighted by Gasteiger charge is 2.27. The first-order valence-corrected chi connectivity index (χ1v) is 11.6. The van der Waals surface area contributed by atoms with Crippen LogP contribution >= 0.6 is 12.4 Å². The smallest absolute Gasteiger partial charge is 0.331 e. The van der Waals surface area contributed by atoms with Crippen molar-refractivity contribution in [2.75, 3.05) is 6.61 Å². The van der Waals surface area contributed by atoms with Gasteiger partial charge in [-0.15, -0.1) is 12.4 Å². The van der Waals surface area contributed by atoms with E-state index in [1.54, 1.807) is 0 Å². The quantitative estimate of drug-likeness (QED) is 0.328. The van der Waals surface area contributed by atoms with Crippen molar-refractivity contribution in [2.45, 2.75) is 38.3 Å². The molecule has 1 amide bonds. The van der Waals surface area contributed by atoms with Gasteiger partial charge in [-0.25, -0.2) is 4.79 Å². The van der Waals surface area contributed by atoms with Crippen molar-refractivity contribution in [3.63, 3.8) is 0 Å².